The van der Waals surface area contributed by atoms with E-state index in [1.807, 2.05) is 0 Å². The first-order valence-corrected chi connectivity index (χ1v) is 9.34. The Bertz CT molecular complexity index is 872. The predicted octanol–water partition coefficient (Wildman–Crippen LogP) is 0.0488. The minimum Gasteiger partial charge on any atom is -0.478 e. The summed E-state index contributed by atoms with van der Waals surface area (Å²) in [7, 11) is 3.12. The number of nitrogens with one attached hydrogen (secondary N) is 3. The normalized spacial score (nSPS) is 11.8. The molecule has 0 aromatic heterocycles. The highest BCUT2D eigenvalue weighted by atomic mass is 32.2. The zero-order chi connectivity index (χ0) is 22.8. The molecule has 12 nitrogen and oxygen atoms in total. The number of thioether (sulfide) groups is 1. The van der Waals surface area contributed by atoms with Crippen LogP contribution in [0, 0.1) is 5.41 Å². The fourth-order valence-corrected chi connectivity index (χ4v) is 2.57. The van der Waals surface area contributed by atoms with Crippen LogP contribution in [0.5, 0.6) is 5.75 Å². The molecule has 13 heteroatoms. The number of nitrogens with zero attached hydrogens (tertiary/aromatic N) is 2. The number of aromatic carboxylic acids is 1. The maximum Gasteiger partial charge on any atom is 0.372 e. The highest BCUT2D eigenvalue weighted by Gasteiger charge is 2.23. The Kier molecular flexibility index (Phi) is 9.29. The molecular weight excluding hydrogens is 416 g/mol. The monoisotopic (exact) mass is 438 g/mol. The fraction of sp³-hybridized carbons (Fsp3) is 0.294. The van der Waals surface area contributed by atoms with Crippen molar-refractivity contribution in [3.63, 3.8) is 0 Å². The first kappa shape index (κ1) is 24.4. The van der Waals surface area contributed by atoms with E-state index in [2.05, 4.69) is 15.6 Å². The van der Waals surface area contributed by atoms with E-state index in [1.165, 1.54) is 36.1 Å². The van der Waals surface area contributed by atoms with Gasteiger partial charge in [-0.25, -0.2) is 9.59 Å². The number of rotatable bonds is 6. The number of benzene rings is 1. The number of nitrogens with two attached hydrogens (primary N) is 1. The van der Waals surface area contributed by atoms with Gasteiger partial charge in [0.25, 0.3) is 0 Å². The first-order chi connectivity index (χ1) is 14.0. The molecule has 0 aliphatic heterocycles. The number of carboxylic acids is 1. The molecule has 0 saturated carbocycles. The summed E-state index contributed by atoms with van der Waals surface area (Å²) in [5, 5.41) is 20.4. The average molecular weight is 438 g/mol. The Morgan fingerprint density at radius 2 is 1.93 bits per heavy atom. The molecule has 0 unspecified atom stereocenters. The standard InChI is InChI=1S/C17H22N6O6S/c1-9(24)20-11(13(25)21-15(18)22-16(19)23(2)3)8-30-17(28)29-12-7-5-4-6-10(12)14(26)27/h4-7,11H,8H2,1-3H3,(H,20,24)(H,26,27)(H4,18,19,21,22,25)/t11-/m1/s1. The lowest BCUT2D eigenvalue weighted by Crippen LogP contribution is -2.51. The van der Waals surface area contributed by atoms with Crippen LogP contribution in [0.4, 0.5) is 4.79 Å². The number of hydrogen-bond acceptors (Lipinski definition) is 7. The highest BCUT2D eigenvalue weighted by Crippen LogP contribution is 2.20. The topological polar surface area (TPSA) is 187 Å². The minimum absolute atomic E-state index is 0.151. The van der Waals surface area contributed by atoms with Gasteiger partial charge in [0.05, 0.1) is 0 Å². The number of carbonyl (C=O) groups is 4. The van der Waals surface area contributed by atoms with Gasteiger partial charge in [-0.3, -0.25) is 20.3 Å². The van der Waals surface area contributed by atoms with Crippen molar-refractivity contribution in [3.8, 4) is 5.75 Å². The molecule has 1 aromatic rings. The summed E-state index contributed by atoms with van der Waals surface area (Å²) in [6, 6.07) is 4.40. The predicted molar refractivity (Wildman–Crippen MR) is 111 cm³/mol. The summed E-state index contributed by atoms with van der Waals surface area (Å²) in [5.41, 5.74) is 5.37. The number of amides is 2. The SMILES string of the molecule is CC(=O)N[C@H](CSC(=O)Oc1ccccc1C(=O)O)C(=O)N/C(N)=N/C(=N)N(C)C. The lowest BCUT2D eigenvalue weighted by atomic mass is 10.2. The van der Waals surface area contributed by atoms with Crippen LogP contribution >= 0.6 is 11.8 Å². The van der Waals surface area contributed by atoms with E-state index in [9.17, 15) is 19.2 Å². The van der Waals surface area contributed by atoms with Crippen molar-refractivity contribution in [1.82, 2.24) is 15.5 Å². The van der Waals surface area contributed by atoms with E-state index in [4.69, 9.17) is 21.0 Å². The van der Waals surface area contributed by atoms with Gasteiger partial charge in [-0.15, -0.1) is 0 Å². The number of aliphatic imine (C=N–C) groups is 1. The van der Waals surface area contributed by atoms with Crippen LogP contribution in [0.1, 0.15) is 17.3 Å². The molecule has 162 valence electrons. The summed E-state index contributed by atoms with van der Waals surface area (Å²) in [6.45, 7) is 1.19. The van der Waals surface area contributed by atoms with Crippen LogP contribution in [-0.2, 0) is 9.59 Å². The maximum atomic E-state index is 12.3. The quantitative estimate of drug-likeness (QED) is 0.232. The molecule has 0 fully saturated rings. The summed E-state index contributed by atoms with van der Waals surface area (Å²) in [4.78, 5) is 52.0. The Hall–Kier alpha value is -3.61. The van der Waals surface area contributed by atoms with Crippen molar-refractivity contribution in [2.75, 3.05) is 19.8 Å². The molecular formula is C17H22N6O6S. The minimum atomic E-state index is -1.27. The van der Waals surface area contributed by atoms with Crippen LogP contribution < -0.4 is 21.1 Å². The van der Waals surface area contributed by atoms with Gasteiger partial charge < -0.3 is 25.8 Å². The molecule has 0 bridgehead atoms. The van der Waals surface area contributed by atoms with E-state index >= 15 is 0 Å². The molecule has 1 rings (SSSR count). The van der Waals surface area contributed by atoms with Crippen LogP contribution in [-0.4, -0.2) is 70.9 Å². The zero-order valence-corrected chi connectivity index (χ0v) is 17.3. The van der Waals surface area contributed by atoms with Gasteiger partial charge >= 0.3 is 11.3 Å². The molecule has 0 aliphatic carbocycles. The van der Waals surface area contributed by atoms with Crippen molar-refractivity contribution >= 4 is 46.8 Å². The van der Waals surface area contributed by atoms with Crippen molar-refractivity contribution < 1.29 is 29.0 Å². The van der Waals surface area contributed by atoms with Gasteiger partial charge in [-0.2, -0.15) is 4.99 Å². The first-order valence-electron chi connectivity index (χ1n) is 8.36. The van der Waals surface area contributed by atoms with E-state index < -0.39 is 29.1 Å². The molecule has 0 spiro atoms. The molecule has 0 heterocycles. The molecule has 0 radical (unpaired) electrons. The van der Waals surface area contributed by atoms with Gasteiger partial charge in [0.1, 0.15) is 17.4 Å². The number of ether oxygens (including phenoxy) is 1. The summed E-state index contributed by atoms with van der Waals surface area (Å²) in [5.74, 6) is -3.51. The van der Waals surface area contributed by atoms with Crippen molar-refractivity contribution in [1.29, 1.82) is 5.41 Å². The number of carbonyl (C=O) groups excluding carboxylic acids is 3. The Morgan fingerprint density at radius 3 is 2.50 bits per heavy atom. The Balaban J connectivity index is 2.78. The van der Waals surface area contributed by atoms with Crippen molar-refractivity contribution in [3.05, 3.63) is 29.8 Å². The molecule has 1 atom stereocenters. The third-order valence-corrected chi connectivity index (χ3v) is 4.09. The second-order valence-corrected chi connectivity index (χ2v) is 6.88. The van der Waals surface area contributed by atoms with Gasteiger partial charge in [0.15, 0.2) is 0 Å². The number of guanidine groups is 2. The molecule has 2 amide bonds. The summed E-state index contributed by atoms with van der Waals surface area (Å²) >= 11 is 0.555. The van der Waals surface area contributed by atoms with Crippen LogP contribution in [0.25, 0.3) is 0 Å². The van der Waals surface area contributed by atoms with E-state index in [0.717, 1.165) is 0 Å². The number of hydrogen-bond donors (Lipinski definition) is 5. The van der Waals surface area contributed by atoms with E-state index in [1.54, 1.807) is 14.1 Å². The molecule has 1 aromatic carbocycles. The lowest BCUT2D eigenvalue weighted by molar-refractivity contribution is -0.126. The van der Waals surface area contributed by atoms with Gasteiger partial charge in [-0.1, -0.05) is 12.1 Å². The third-order valence-electron chi connectivity index (χ3n) is 3.27. The Morgan fingerprint density at radius 1 is 1.30 bits per heavy atom. The highest BCUT2D eigenvalue weighted by molar-refractivity contribution is 8.13. The number of carboxylic acid groups (broad SMARTS) is 1. The lowest BCUT2D eigenvalue weighted by Gasteiger charge is -2.17. The third kappa shape index (κ3) is 8.18. The fourth-order valence-electron chi connectivity index (χ4n) is 1.89. The van der Waals surface area contributed by atoms with E-state index in [-0.39, 0.29) is 29.0 Å². The second kappa shape index (κ2) is 11.4. The van der Waals surface area contributed by atoms with E-state index in [0.29, 0.717) is 11.8 Å². The largest absolute Gasteiger partial charge is 0.478 e. The molecule has 0 aliphatic rings. The Labute approximate surface area is 176 Å². The van der Waals surface area contributed by atoms with Crippen LogP contribution in [0.3, 0.4) is 0 Å². The molecule has 0 saturated heterocycles. The molecule has 6 N–H and O–H groups in total. The number of para-hydroxylation sites is 1. The summed E-state index contributed by atoms with van der Waals surface area (Å²) in [6.07, 6.45) is 0. The van der Waals surface area contributed by atoms with Crippen LogP contribution in [0.2, 0.25) is 0 Å². The second-order valence-electron chi connectivity index (χ2n) is 5.92. The molecule has 30 heavy (non-hydrogen) atoms. The van der Waals surface area contributed by atoms with Crippen molar-refractivity contribution in [2.24, 2.45) is 10.7 Å². The zero-order valence-electron chi connectivity index (χ0n) is 16.5. The van der Waals surface area contributed by atoms with Gasteiger partial charge in [0, 0.05) is 26.8 Å². The van der Waals surface area contributed by atoms with Crippen molar-refractivity contribution in [2.45, 2.75) is 13.0 Å². The van der Waals surface area contributed by atoms with Gasteiger partial charge in [0.2, 0.25) is 23.7 Å². The van der Waals surface area contributed by atoms with Gasteiger partial charge in [-0.05, 0) is 23.9 Å². The average Bonchev–Trinajstić information content (AvgIpc) is 2.64. The summed E-state index contributed by atoms with van der Waals surface area (Å²) < 4.78 is 5.02. The van der Waals surface area contributed by atoms with Crippen LogP contribution in [0.15, 0.2) is 29.3 Å². The smallest absolute Gasteiger partial charge is 0.372 e. The maximum absolute atomic E-state index is 12.3.